The van der Waals surface area contributed by atoms with Gasteiger partial charge in [-0.3, -0.25) is 4.79 Å². The smallest absolute Gasteiger partial charge is 0.149 e. The number of hydrogen-bond donors (Lipinski definition) is 0. The highest BCUT2D eigenvalue weighted by Gasteiger charge is 2.05. The lowest BCUT2D eigenvalue weighted by Gasteiger charge is -2.06. The summed E-state index contributed by atoms with van der Waals surface area (Å²) in [6.45, 7) is 6.10. The van der Waals surface area contributed by atoms with Gasteiger partial charge < -0.3 is 4.74 Å². The predicted octanol–water partition coefficient (Wildman–Crippen LogP) is 3.25. The summed E-state index contributed by atoms with van der Waals surface area (Å²) in [6, 6.07) is 7.57. The minimum absolute atomic E-state index is 0.0454. The molecule has 0 N–H and O–H groups in total. The van der Waals surface area contributed by atoms with Gasteiger partial charge in [0.1, 0.15) is 11.5 Å². The minimum atomic E-state index is -0.0454. The van der Waals surface area contributed by atoms with Crippen LogP contribution in [0.4, 0.5) is 0 Å². The van der Waals surface area contributed by atoms with Crippen LogP contribution < -0.4 is 4.74 Å². The Balaban J connectivity index is 2.56. The largest absolute Gasteiger partial charge is 0.497 e. The lowest BCUT2D eigenvalue weighted by atomic mass is 9.97. The van der Waals surface area contributed by atoms with Crippen LogP contribution in [0.5, 0.6) is 5.75 Å². The molecule has 0 spiro atoms. The average Bonchev–Trinajstić information content (AvgIpc) is 2.27. The summed E-state index contributed by atoms with van der Waals surface area (Å²) in [4.78, 5) is 11.8. The fraction of sp³-hybridized carbons (Fsp3) is 0.438. The van der Waals surface area contributed by atoms with Gasteiger partial charge in [-0.2, -0.15) is 0 Å². The number of benzene rings is 1. The van der Waals surface area contributed by atoms with Crippen LogP contribution in [0.1, 0.15) is 32.8 Å². The Bertz CT molecular complexity index is 470. The second-order valence-electron chi connectivity index (χ2n) is 5.30. The molecule has 0 aliphatic rings. The number of Topliss-reactive ketones (excluding diaryl/α,β-unsaturated/α-hetero) is 1. The third kappa shape index (κ3) is 5.54. The summed E-state index contributed by atoms with van der Waals surface area (Å²) in [7, 11) is 1.62. The Labute approximate surface area is 109 Å². The summed E-state index contributed by atoms with van der Waals surface area (Å²) >= 11 is 0. The molecule has 0 aliphatic carbocycles. The summed E-state index contributed by atoms with van der Waals surface area (Å²) in [5.74, 6) is 6.93. The zero-order chi connectivity index (χ0) is 13.6. The zero-order valence-corrected chi connectivity index (χ0v) is 11.5. The first-order valence-electron chi connectivity index (χ1n) is 6.05. The molecule has 2 heteroatoms. The van der Waals surface area contributed by atoms with Crippen LogP contribution in [-0.4, -0.2) is 12.9 Å². The first-order chi connectivity index (χ1) is 8.40. The van der Waals surface area contributed by atoms with E-state index in [9.17, 15) is 4.79 Å². The number of ether oxygens (including phenoxy) is 1. The third-order valence-electron chi connectivity index (χ3n) is 2.28. The molecule has 0 atom stereocenters. The molecule has 0 aliphatic heterocycles. The van der Waals surface area contributed by atoms with E-state index in [2.05, 4.69) is 11.8 Å². The molecule has 1 aromatic carbocycles. The molecule has 0 heterocycles. The van der Waals surface area contributed by atoms with E-state index in [1.54, 1.807) is 7.11 Å². The lowest BCUT2D eigenvalue weighted by Crippen LogP contribution is -2.03. The van der Waals surface area contributed by atoms with E-state index < -0.39 is 0 Å². The molecule has 0 saturated carbocycles. The Kier molecular flexibility index (Phi) is 4.97. The zero-order valence-electron chi connectivity index (χ0n) is 11.5. The summed E-state index contributed by atoms with van der Waals surface area (Å²) in [5.41, 5.74) is 0.924. The van der Waals surface area contributed by atoms with Gasteiger partial charge in [-0.25, -0.2) is 0 Å². The quantitative estimate of drug-likeness (QED) is 0.760. The Hall–Kier alpha value is -1.75. The van der Waals surface area contributed by atoms with Crippen molar-refractivity contribution in [2.75, 3.05) is 7.11 Å². The summed E-state index contributed by atoms with van der Waals surface area (Å²) < 4.78 is 5.12. The van der Waals surface area contributed by atoms with Crippen LogP contribution in [0, 0.1) is 17.3 Å². The minimum Gasteiger partial charge on any atom is -0.497 e. The SMILES string of the molecule is COc1cccc(CC(=O)CC#CC(C)(C)C)c1. The maximum atomic E-state index is 11.8. The first kappa shape index (κ1) is 14.3. The molecule has 96 valence electrons. The van der Waals surface area contributed by atoms with Crippen LogP contribution in [0.25, 0.3) is 0 Å². The van der Waals surface area contributed by atoms with Crippen molar-refractivity contribution in [2.24, 2.45) is 5.41 Å². The van der Waals surface area contributed by atoms with Gasteiger partial charge in [-0.05, 0) is 38.5 Å². The third-order valence-corrected chi connectivity index (χ3v) is 2.28. The summed E-state index contributed by atoms with van der Waals surface area (Å²) in [6.07, 6.45) is 0.727. The van der Waals surface area contributed by atoms with Crippen LogP contribution in [0.2, 0.25) is 0 Å². The van der Waals surface area contributed by atoms with Gasteiger partial charge in [0.15, 0.2) is 0 Å². The van der Waals surface area contributed by atoms with Crippen molar-refractivity contribution < 1.29 is 9.53 Å². The van der Waals surface area contributed by atoms with Gasteiger partial charge >= 0.3 is 0 Å². The molecule has 1 rings (SSSR count). The van der Waals surface area contributed by atoms with E-state index in [1.165, 1.54) is 0 Å². The lowest BCUT2D eigenvalue weighted by molar-refractivity contribution is -0.117. The Morgan fingerprint density at radius 3 is 2.67 bits per heavy atom. The van der Waals surface area contributed by atoms with Gasteiger partial charge in [0, 0.05) is 11.8 Å². The van der Waals surface area contributed by atoms with Crippen LogP contribution >= 0.6 is 0 Å². The van der Waals surface area contributed by atoms with Crippen molar-refractivity contribution in [3.8, 4) is 17.6 Å². The van der Waals surface area contributed by atoms with Crippen molar-refractivity contribution in [3.05, 3.63) is 29.8 Å². The fourth-order valence-electron chi connectivity index (χ4n) is 1.48. The molecule has 0 fully saturated rings. The molecule has 2 nitrogen and oxygen atoms in total. The van der Waals surface area contributed by atoms with Gasteiger partial charge in [0.2, 0.25) is 0 Å². The highest BCUT2D eigenvalue weighted by Crippen LogP contribution is 2.14. The van der Waals surface area contributed by atoms with E-state index in [4.69, 9.17) is 4.74 Å². The van der Waals surface area contributed by atoms with Crippen molar-refractivity contribution >= 4 is 5.78 Å². The second kappa shape index (κ2) is 6.26. The number of rotatable bonds is 4. The van der Waals surface area contributed by atoms with E-state index in [0.29, 0.717) is 12.8 Å². The van der Waals surface area contributed by atoms with Gasteiger partial charge in [0.05, 0.1) is 13.5 Å². The highest BCUT2D eigenvalue weighted by atomic mass is 16.5. The first-order valence-corrected chi connectivity index (χ1v) is 6.05. The van der Waals surface area contributed by atoms with Crippen molar-refractivity contribution in [2.45, 2.75) is 33.6 Å². The highest BCUT2D eigenvalue weighted by molar-refractivity contribution is 5.83. The molecular formula is C16H20O2. The maximum Gasteiger partial charge on any atom is 0.149 e. The Morgan fingerprint density at radius 1 is 1.33 bits per heavy atom. The van der Waals surface area contributed by atoms with Crippen molar-refractivity contribution in [3.63, 3.8) is 0 Å². The molecule has 0 aromatic heterocycles. The van der Waals surface area contributed by atoms with Crippen LogP contribution in [-0.2, 0) is 11.2 Å². The van der Waals surface area contributed by atoms with Gasteiger partial charge in [0.25, 0.3) is 0 Å². The molecular weight excluding hydrogens is 224 g/mol. The second-order valence-corrected chi connectivity index (χ2v) is 5.30. The number of carbonyl (C=O) groups is 1. The topological polar surface area (TPSA) is 26.3 Å². The molecule has 18 heavy (non-hydrogen) atoms. The number of hydrogen-bond acceptors (Lipinski definition) is 2. The van der Waals surface area contributed by atoms with Crippen molar-refractivity contribution in [1.29, 1.82) is 0 Å². The van der Waals surface area contributed by atoms with Gasteiger partial charge in [-0.1, -0.05) is 24.0 Å². The number of methoxy groups -OCH3 is 1. The monoisotopic (exact) mass is 244 g/mol. The van der Waals surface area contributed by atoms with E-state index in [0.717, 1.165) is 11.3 Å². The molecule has 0 amide bonds. The molecule has 1 aromatic rings. The van der Waals surface area contributed by atoms with Crippen LogP contribution in [0.3, 0.4) is 0 Å². The van der Waals surface area contributed by atoms with E-state index in [-0.39, 0.29) is 11.2 Å². The average molecular weight is 244 g/mol. The predicted molar refractivity (Wildman–Crippen MR) is 73.6 cm³/mol. The summed E-state index contributed by atoms with van der Waals surface area (Å²) in [5, 5.41) is 0. The number of ketones is 1. The molecule has 0 bridgehead atoms. The fourth-order valence-corrected chi connectivity index (χ4v) is 1.48. The maximum absolute atomic E-state index is 11.8. The Morgan fingerprint density at radius 2 is 2.06 bits per heavy atom. The van der Waals surface area contributed by atoms with Gasteiger partial charge in [-0.15, -0.1) is 0 Å². The van der Waals surface area contributed by atoms with E-state index >= 15 is 0 Å². The normalized spacial score (nSPS) is 10.4. The van der Waals surface area contributed by atoms with E-state index in [1.807, 2.05) is 45.0 Å². The molecule has 0 radical (unpaired) electrons. The van der Waals surface area contributed by atoms with Crippen molar-refractivity contribution in [1.82, 2.24) is 0 Å². The molecule has 0 unspecified atom stereocenters. The molecule has 0 saturated heterocycles. The van der Waals surface area contributed by atoms with Crippen LogP contribution in [0.15, 0.2) is 24.3 Å². The number of carbonyl (C=O) groups excluding carboxylic acids is 1. The standard InChI is InChI=1S/C16H20O2/c1-16(2,3)10-6-8-14(17)11-13-7-5-9-15(12-13)18-4/h5,7,9,12H,8,11H2,1-4H3.